The van der Waals surface area contributed by atoms with Crippen molar-refractivity contribution in [1.29, 1.82) is 0 Å². The number of carbonyl (C=O) groups is 1. The van der Waals surface area contributed by atoms with Crippen molar-refractivity contribution in [3.8, 4) is 17.0 Å². The molecule has 0 bridgehead atoms. The molecular formula is C17H15Cl2N3O2S. The molecule has 5 nitrogen and oxygen atoms in total. The van der Waals surface area contributed by atoms with Crippen LogP contribution in [-0.2, 0) is 11.3 Å². The van der Waals surface area contributed by atoms with E-state index in [4.69, 9.17) is 27.9 Å². The molecule has 1 N–H and O–H groups in total. The van der Waals surface area contributed by atoms with E-state index in [0.29, 0.717) is 28.9 Å². The Kier molecular flexibility index (Phi) is 5.96. The van der Waals surface area contributed by atoms with E-state index in [1.165, 1.54) is 0 Å². The number of nitrogens with one attached hydrogen (secondary N) is 1. The Balaban J connectivity index is 1.42. The Bertz CT molecular complexity index is 849. The second-order valence-corrected chi connectivity index (χ2v) is 6.81. The van der Waals surface area contributed by atoms with Gasteiger partial charge in [-0.3, -0.25) is 9.48 Å². The first-order valence-electron chi connectivity index (χ1n) is 7.52. The quantitative estimate of drug-likeness (QED) is 0.654. The van der Waals surface area contributed by atoms with Crippen molar-refractivity contribution in [2.24, 2.45) is 0 Å². The number of nitrogens with zero attached hydrogens (tertiary/aromatic N) is 2. The van der Waals surface area contributed by atoms with E-state index >= 15 is 0 Å². The summed E-state index contributed by atoms with van der Waals surface area (Å²) in [4.78, 5) is 11.8. The van der Waals surface area contributed by atoms with E-state index in [9.17, 15) is 4.79 Å². The molecule has 0 saturated carbocycles. The third-order valence-electron chi connectivity index (χ3n) is 3.37. The van der Waals surface area contributed by atoms with Gasteiger partial charge in [-0.2, -0.15) is 16.4 Å². The molecule has 0 aliphatic rings. The summed E-state index contributed by atoms with van der Waals surface area (Å²) in [6.45, 7) is 0.930. The molecule has 25 heavy (non-hydrogen) atoms. The minimum absolute atomic E-state index is 0.111. The Labute approximate surface area is 159 Å². The van der Waals surface area contributed by atoms with Crippen molar-refractivity contribution in [3.05, 3.63) is 57.3 Å². The van der Waals surface area contributed by atoms with Crippen LogP contribution in [0.5, 0.6) is 5.75 Å². The number of ether oxygens (including phenoxy) is 1. The molecule has 0 aliphatic heterocycles. The van der Waals surface area contributed by atoms with E-state index in [1.807, 2.05) is 29.1 Å². The maximum absolute atomic E-state index is 11.8. The Morgan fingerprint density at radius 2 is 2.16 bits per heavy atom. The highest BCUT2D eigenvalue weighted by Gasteiger charge is 2.07. The van der Waals surface area contributed by atoms with Crippen molar-refractivity contribution >= 4 is 40.4 Å². The molecule has 3 rings (SSSR count). The summed E-state index contributed by atoms with van der Waals surface area (Å²) in [6.07, 6.45) is 1.89. The smallest absolute Gasteiger partial charge is 0.258 e. The lowest BCUT2D eigenvalue weighted by Gasteiger charge is -2.09. The fourth-order valence-corrected chi connectivity index (χ4v) is 3.26. The highest BCUT2D eigenvalue weighted by atomic mass is 35.5. The number of hydrogen-bond acceptors (Lipinski definition) is 4. The van der Waals surface area contributed by atoms with Crippen LogP contribution in [0.15, 0.2) is 47.3 Å². The van der Waals surface area contributed by atoms with Crippen LogP contribution in [0.2, 0.25) is 10.0 Å². The molecule has 0 fully saturated rings. The topological polar surface area (TPSA) is 56.1 Å². The van der Waals surface area contributed by atoms with Crippen LogP contribution in [0.3, 0.4) is 0 Å². The van der Waals surface area contributed by atoms with Crippen LogP contribution in [0.4, 0.5) is 0 Å². The minimum atomic E-state index is -0.226. The lowest BCUT2D eigenvalue weighted by Crippen LogP contribution is -2.31. The molecule has 130 valence electrons. The predicted octanol–water partition coefficient (Wildman–Crippen LogP) is 4.11. The first-order chi connectivity index (χ1) is 12.1. The monoisotopic (exact) mass is 395 g/mol. The number of amides is 1. The lowest BCUT2D eigenvalue weighted by molar-refractivity contribution is -0.123. The molecule has 1 aromatic carbocycles. The number of thiophene rings is 1. The molecule has 3 aromatic rings. The Hall–Kier alpha value is -2.02. The van der Waals surface area contributed by atoms with E-state index in [0.717, 1.165) is 11.3 Å². The van der Waals surface area contributed by atoms with Crippen molar-refractivity contribution in [2.45, 2.75) is 6.54 Å². The highest BCUT2D eigenvalue weighted by Crippen LogP contribution is 2.27. The van der Waals surface area contributed by atoms with Gasteiger partial charge in [-0.25, -0.2) is 0 Å². The van der Waals surface area contributed by atoms with Gasteiger partial charge in [0.15, 0.2) is 6.61 Å². The fraction of sp³-hybridized carbons (Fsp3) is 0.176. The number of halogens is 2. The standard InChI is InChI=1S/C17H15Cl2N3O2S/c18-13-1-2-16(14(19)9-13)24-10-17(23)20-5-7-22-6-3-15(21-22)12-4-8-25-11-12/h1-4,6,8-9,11H,5,7,10H2,(H,20,23). The zero-order valence-electron chi connectivity index (χ0n) is 13.1. The highest BCUT2D eigenvalue weighted by molar-refractivity contribution is 7.08. The first-order valence-corrected chi connectivity index (χ1v) is 9.22. The maximum Gasteiger partial charge on any atom is 0.258 e. The van der Waals surface area contributed by atoms with Gasteiger partial charge >= 0.3 is 0 Å². The average Bonchev–Trinajstić information content (AvgIpc) is 3.25. The van der Waals surface area contributed by atoms with Crippen molar-refractivity contribution in [1.82, 2.24) is 15.1 Å². The predicted molar refractivity (Wildman–Crippen MR) is 101 cm³/mol. The summed E-state index contributed by atoms with van der Waals surface area (Å²) in [7, 11) is 0. The van der Waals surface area contributed by atoms with E-state index in [-0.39, 0.29) is 12.5 Å². The molecule has 2 aromatic heterocycles. The summed E-state index contributed by atoms with van der Waals surface area (Å²) in [6, 6.07) is 8.84. The number of aromatic nitrogens is 2. The second kappa shape index (κ2) is 8.38. The van der Waals surface area contributed by atoms with Gasteiger partial charge in [-0.05, 0) is 35.7 Å². The van der Waals surface area contributed by atoms with Gasteiger partial charge in [0.05, 0.1) is 17.3 Å². The molecule has 0 saturated heterocycles. The first kappa shape index (κ1) is 17.8. The van der Waals surface area contributed by atoms with Crippen LogP contribution in [-0.4, -0.2) is 28.8 Å². The van der Waals surface area contributed by atoms with Gasteiger partial charge in [0, 0.05) is 28.7 Å². The van der Waals surface area contributed by atoms with Crippen molar-refractivity contribution in [3.63, 3.8) is 0 Å². The van der Waals surface area contributed by atoms with Gasteiger partial charge in [0.1, 0.15) is 5.75 Å². The van der Waals surface area contributed by atoms with Crippen molar-refractivity contribution in [2.75, 3.05) is 13.2 Å². The number of carbonyl (C=O) groups excluding carboxylic acids is 1. The third-order valence-corrected chi connectivity index (χ3v) is 4.59. The normalized spacial score (nSPS) is 10.6. The average molecular weight is 396 g/mol. The SMILES string of the molecule is O=C(COc1ccc(Cl)cc1Cl)NCCn1ccc(-c2ccsc2)n1. The van der Waals surface area contributed by atoms with Crippen LogP contribution in [0.1, 0.15) is 0 Å². The zero-order valence-corrected chi connectivity index (χ0v) is 15.4. The number of hydrogen-bond donors (Lipinski definition) is 1. The van der Waals surface area contributed by atoms with Crippen LogP contribution >= 0.6 is 34.5 Å². The molecule has 0 radical (unpaired) electrons. The van der Waals surface area contributed by atoms with Crippen molar-refractivity contribution < 1.29 is 9.53 Å². The molecule has 1 amide bonds. The largest absolute Gasteiger partial charge is 0.482 e. The maximum atomic E-state index is 11.8. The zero-order chi connectivity index (χ0) is 17.6. The second-order valence-electron chi connectivity index (χ2n) is 5.19. The number of rotatable bonds is 7. The fourth-order valence-electron chi connectivity index (χ4n) is 2.15. The molecule has 8 heteroatoms. The van der Waals surface area contributed by atoms with Crippen LogP contribution in [0, 0.1) is 0 Å². The van der Waals surface area contributed by atoms with E-state index < -0.39 is 0 Å². The molecule has 0 atom stereocenters. The van der Waals surface area contributed by atoms with Gasteiger partial charge in [0.25, 0.3) is 5.91 Å². The lowest BCUT2D eigenvalue weighted by atomic mass is 10.2. The molecule has 0 unspecified atom stereocenters. The Morgan fingerprint density at radius 3 is 2.92 bits per heavy atom. The Morgan fingerprint density at radius 1 is 1.28 bits per heavy atom. The summed E-state index contributed by atoms with van der Waals surface area (Å²) in [5, 5.41) is 12.2. The molecule has 2 heterocycles. The van der Waals surface area contributed by atoms with Gasteiger partial charge in [-0.15, -0.1) is 0 Å². The van der Waals surface area contributed by atoms with Gasteiger partial charge in [0.2, 0.25) is 0 Å². The van der Waals surface area contributed by atoms with E-state index in [1.54, 1.807) is 34.2 Å². The summed E-state index contributed by atoms with van der Waals surface area (Å²) in [5.74, 6) is 0.199. The number of benzene rings is 1. The molecule has 0 aliphatic carbocycles. The molecular weight excluding hydrogens is 381 g/mol. The van der Waals surface area contributed by atoms with Gasteiger partial charge in [-0.1, -0.05) is 23.2 Å². The molecule has 0 spiro atoms. The van der Waals surface area contributed by atoms with E-state index in [2.05, 4.69) is 10.4 Å². The summed E-state index contributed by atoms with van der Waals surface area (Å²) in [5.41, 5.74) is 2.02. The van der Waals surface area contributed by atoms with Crippen LogP contribution < -0.4 is 10.1 Å². The minimum Gasteiger partial charge on any atom is -0.482 e. The summed E-state index contributed by atoms with van der Waals surface area (Å²) < 4.78 is 7.18. The van der Waals surface area contributed by atoms with Gasteiger partial charge < -0.3 is 10.1 Å². The van der Waals surface area contributed by atoms with Crippen LogP contribution in [0.25, 0.3) is 11.3 Å². The third kappa shape index (κ3) is 4.98. The summed E-state index contributed by atoms with van der Waals surface area (Å²) >= 11 is 13.4.